The van der Waals surface area contributed by atoms with Crippen LogP contribution in [0.3, 0.4) is 0 Å². The maximum absolute atomic E-state index is 11.5. The molecule has 1 rings (SSSR count). The van der Waals surface area contributed by atoms with E-state index in [0.29, 0.717) is 10.6 Å². The largest absolute Gasteiger partial charge is 0.463 e. The molecule has 0 heterocycles. The first-order valence-electron chi connectivity index (χ1n) is 5.80. The topological polar surface area (TPSA) is 52.6 Å². The summed E-state index contributed by atoms with van der Waals surface area (Å²) in [5.41, 5.74) is 1.41. The van der Waals surface area contributed by atoms with Crippen LogP contribution in [-0.4, -0.2) is 25.2 Å². The highest BCUT2D eigenvalue weighted by molar-refractivity contribution is 6.32. The van der Waals surface area contributed by atoms with Crippen LogP contribution in [0.5, 0.6) is 0 Å². The zero-order chi connectivity index (χ0) is 14.3. The van der Waals surface area contributed by atoms with Crippen LogP contribution in [0.25, 0.3) is 5.57 Å². The molecule has 0 saturated carbocycles. The first-order valence-corrected chi connectivity index (χ1v) is 6.18. The second-order valence-corrected chi connectivity index (χ2v) is 4.13. The van der Waals surface area contributed by atoms with Crippen molar-refractivity contribution in [3.63, 3.8) is 0 Å². The lowest BCUT2D eigenvalue weighted by Gasteiger charge is -2.05. The minimum atomic E-state index is -0.606. The molecule has 102 valence electrons. The van der Waals surface area contributed by atoms with Crippen LogP contribution in [0.15, 0.2) is 30.3 Å². The standard InChI is InChI=1S/C14H15ClO4/c1-3-18-14(17)9-19-13(16)8-10(2)11-6-4-5-7-12(11)15/h4-8H,3,9H2,1-2H3. The molecule has 0 saturated heterocycles. The molecule has 0 spiro atoms. The Labute approximate surface area is 117 Å². The summed E-state index contributed by atoms with van der Waals surface area (Å²) in [5, 5.41) is 0.550. The Bertz CT molecular complexity index is 494. The summed E-state index contributed by atoms with van der Waals surface area (Å²) in [6, 6.07) is 7.16. The average Bonchev–Trinajstić information content (AvgIpc) is 2.37. The van der Waals surface area contributed by atoms with Crippen molar-refractivity contribution >= 4 is 29.1 Å². The molecule has 0 aliphatic carbocycles. The smallest absolute Gasteiger partial charge is 0.344 e. The Morgan fingerprint density at radius 1 is 1.26 bits per heavy atom. The van der Waals surface area contributed by atoms with Gasteiger partial charge in [0.25, 0.3) is 0 Å². The van der Waals surface area contributed by atoms with Crippen molar-refractivity contribution in [2.45, 2.75) is 13.8 Å². The summed E-state index contributed by atoms with van der Waals surface area (Å²) in [7, 11) is 0. The summed E-state index contributed by atoms with van der Waals surface area (Å²) in [6.45, 7) is 3.29. The van der Waals surface area contributed by atoms with Gasteiger partial charge in [0.05, 0.1) is 6.61 Å². The summed E-state index contributed by atoms with van der Waals surface area (Å²) >= 11 is 6.00. The lowest BCUT2D eigenvalue weighted by Crippen LogP contribution is -2.15. The molecule has 0 bridgehead atoms. The zero-order valence-electron chi connectivity index (χ0n) is 10.8. The Morgan fingerprint density at radius 2 is 1.95 bits per heavy atom. The first-order chi connectivity index (χ1) is 9.04. The zero-order valence-corrected chi connectivity index (χ0v) is 11.6. The summed E-state index contributed by atoms with van der Waals surface area (Å²) in [6.07, 6.45) is 1.29. The molecule has 0 aliphatic rings. The molecular formula is C14H15ClO4. The molecule has 4 nitrogen and oxygen atoms in total. The molecule has 0 N–H and O–H groups in total. The molecule has 0 amide bonds. The Kier molecular flexibility index (Phi) is 6.09. The van der Waals surface area contributed by atoms with E-state index in [-0.39, 0.29) is 13.2 Å². The number of carbonyl (C=O) groups excluding carboxylic acids is 2. The molecule has 0 aromatic heterocycles. The van der Waals surface area contributed by atoms with E-state index >= 15 is 0 Å². The second-order valence-electron chi connectivity index (χ2n) is 3.72. The average molecular weight is 283 g/mol. The third-order valence-corrected chi connectivity index (χ3v) is 2.60. The highest BCUT2D eigenvalue weighted by Crippen LogP contribution is 2.22. The van der Waals surface area contributed by atoms with Gasteiger partial charge in [0.15, 0.2) is 6.61 Å². The van der Waals surface area contributed by atoms with Crippen LogP contribution in [0.2, 0.25) is 5.02 Å². The minimum absolute atomic E-state index is 0.255. The molecule has 5 heteroatoms. The lowest BCUT2D eigenvalue weighted by atomic mass is 10.1. The van der Waals surface area contributed by atoms with Gasteiger partial charge in [0.2, 0.25) is 0 Å². The number of hydrogen-bond acceptors (Lipinski definition) is 4. The van der Waals surface area contributed by atoms with Gasteiger partial charge in [-0.1, -0.05) is 29.8 Å². The van der Waals surface area contributed by atoms with Crippen LogP contribution < -0.4 is 0 Å². The van der Waals surface area contributed by atoms with Crippen LogP contribution in [0, 0.1) is 0 Å². The van der Waals surface area contributed by atoms with Gasteiger partial charge >= 0.3 is 11.9 Å². The van der Waals surface area contributed by atoms with Gasteiger partial charge in [0.1, 0.15) is 0 Å². The van der Waals surface area contributed by atoms with Crippen molar-refractivity contribution < 1.29 is 19.1 Å². The second kappa shape index (κ2) is 7.59. The third kappa shape index (κ3) is 5.14. The number of hydrogen-bond donors (Lipinski definition) is 0. The maximum atomic E-state index is 11.5. The third-order valence-electron chi connectivity index (χ3n) is 2.27. The molecule has 19 heavy (non-hydrogen) atoms. The molecule has 1 aromatic rings. The summed E-state index contributed by atoms with van der Waals surface area (Å²) in [4.78, 5) is 22.5. The van der Waals surface area contributed by atoms with E-state index in [9.17, 15) is 9.59 Å². The van der Waals surface area contributed by atoms with Crippen molar-refractivity contribution in [2.75, 3.05) is 13.2 Å². The van der Waals surface area contributed by atoms with E-state index in [1.807, 2.05) is 6.07 Å². The number of ether oxygens (including phenoxy) is 2. The molecule has 0 radical (unpaired) electrons. The van der Waals surface area contributed by atoms with Gasteiger partial charge in [-0.05, 0) is 31.1 Å². The van der Waals surface area contributed by atoms with E-state index in [4.69, 9.17) is 16.3 Å². The molecule has 0 unspecified atom stereocenters. The molecular weight excluding hydrogens is 268 g/mol. The fourth-order valence-electron chi connectivity index (χ4n) is 1.41. The van der Waals surface area contributed by atoms with Crippen molar-refractivity contribution in [1.82, 2.24) is 0 Å². The quantitative estimate of drug-likeness (QED) is 0.615. The van der Waals surface area contributed by atoms with Crippen LogP contribution in [0.4, 0.5) is 0 Å². The van der Waals surface area contributed by atoms with Crippen molar-refractivity contribution in [2.24, 2.45) is 0 Å². The van der Waals surface area contributed by atoms with Gasteiger partial charge in [-0.25, -0.2) is 9.59 Å². The Morgan fingerprint density at radius 3 is 2.58 bits per heavy atom. The van der Waals surface area contributed by atoms with Gasteiger partial charge in [-0.2, -0.15) is 0 Å². The van der Waals surface area contributed by atoms with Crippen LogP contribution >= 0.6 is 11.6 Å². The van der Waals surface area contributed by atoms with Gasteiger partial charge in [-0.15, -0.1) is 0 Å². The van der Waals surface area contributed by atoms with Gasteiger partial charge in [-0.3, -0.25) is 0 Å². The van der Waals surface area contributed by atoms with E-state index < -0.39 is 11.9 Å². The summed E-state index contributed by atoms with van der Waals surface area (Å²) in [5.74, 6) is -1.18. The number of benzene rings is 1. The number of esters is 2. The lowest BCUT2D eigenvalue weighted by molar-refractivity contribution is -0.155. The van der Waals surface area contributed by atoms with Crippen molar-refractivity contribution in [3.05, 3.63) is 40.9 Å². The van der Waals surface area contributed by atoms with E-state index in [1.165, 1.54) is 6.08 Å². The molecule has 0 aliphatic heterocycles. The monoisotopic (exact) mass is 282 g/mol. The van der Waals surface area contributed by atoms with E-state index in [2.05, 4.69) is 4.74 Å². The fraction of sp³-hybridized carbons (Fsp3) is 0.286. The van der Waals surface area contributed by atoms with Crippen LogP contribution in [-0.2, 0) is 19.1 Å². The SMILES string of the molecule is CCOC(=O)COC(=O)C=C(C)c1ccccc1Cl. The van der Waals surface area contributed by atoms with Crippen molar-refractivity contribution in [3.8, 4) is 0 Å². The highest BCUT2D eigenvalue weighted by Gasteiger charge is 2.08. The number of carbonyl (C=O) groups is 2. The molecule has 0 fully saturated rings. The number of rotatable bonds is 5. The van der Waals surface area contributed by atoms with Gasteiger partial charge < -0.3 is 9.47 Å². The Hall–Kier alpha value is -1.81. The van der Waals surface area contributed by atoms with Gasteiger partial charge in [0, 0.05) is 11.1 Å². The minimum Gasteiger partial charge on any atom is -0.463 e. The van der Waals surface area contributed by atoms with Crippen molar-refractivity contribution in [1.29, 1.82) is 0 Å². The van der Waals surface area contributed by atoms with E-state index in [1.54, 1.807) is 32.0 Å². The Balaban J connectivity index is 2.62. The predicted octanol–water partition coefficient (Wildman–Crippen LogP) is 2.85. The number of halogens is 1. The first kappa shape index (κ1) is 15.2. The fourth-order valence-corrected chi connectivity index (χ4v) is 1.69. The predicted molar refractivity (Wildman–Crippen MR) is 72.7 cm³/mol. The summed E-state index contributed by atoms with van der Waals surface area (Å²) < 4.78 is 9.40. The van der Waals surface area contributed by atoms with Crippen LogP contribution in [0.1, 0.15) is 19.4 Å². The maximum Gasteiger partial charge on any atom is 0.344 e. The molecule has 0 atom stereocenters. The highest BCUT2D eigenvalue weighted by atomic mass is 35.5. The van der Waals surface area contributed by atoms with E-state index in [0.717, 1.165) is 5.56 Å². The normalized spacial score (nSPS) is 11.0. The number of allylic oxidation sites excluding steroid dienone is 1. The molecule has 1 aromatic carbocycles.